The predicted molar refractivity (Wildman–Crippen MR) is 78.1 cm³/mol. The number of nitrogens with one attached hydrogen (secondary N) is 1. The Kier molecular flexibility index (Phi) is 6.27. The van der Waals surface area contributed by atoms with Crippen molar-refractivity contribution in [3.8, 4) is 0 Å². The van der Waals surface area contributed by atoms with Crippen LogP contribution in [0, 0.1) is 5.92 Å². The number of carbonyl (C=O) groups excluding carboxylic acids is 1. The second kappa shape index (κ2) is 7.25. The van der Waals surface area contributed by atoms with E-state index in [9.17, 15) is 4.79 Å². The average molecular weight is 270 g/mol. The van der Waals surface area contributed by atoms with Gasteiger partial charge in [0.1, 0.15) is 5.54 Å². The van der Waals surface area contributed by atoms with Crippen molar-refractivity contribution in [3.05, 3.63) is 0 Å². The van der Waals surface area contributed by atoms with Crippen LogP contribution in [-0.4, -0.2) is 49.2 Å². The second-order valence-electron chi connectivity index (χ2n) is 6.25. The van der Waals surface area contributed by atoms with E-state index in [0.717, 1.165) is 25.6 Å². The van der Waals surface area contributed by atoms with E-state index in [1.165, 1.54) is 26.4 Å². The monoisotopic (exact) mass is 270 g/mol. The Balaban J connectivity index is 2.60. The van der Waals surface area contributed by atoms with Crippen LogP contribution < -0.4 is 5.32 Å². The van der Waals surface area contributed by atoms with Gasteiger partial charge in [0.2, 0.25) is 0 Å². The molecule has 0 bridgehead atoms. The molecule has 0 aliphatic carbocycles. The molecule has 19 heavy (non-hydrogen) atoms. The number of piperidine rings is 1. The number of hydrogen-bond donors (Lipinski definition) is 1. The van der Waals surface area contributed by atoms with Crippen LogP contribution in [-0.2, 0) is 9.53 Å². The molecule has 1 heterocycles. The van der Waals surface area contributed by atoms with E-state index in [-0.39, 0.29) is 12.0 Å². The number of esters is 1. The van der Waals surface area contributed by atoms with E-state index in [1.54, 1.807) is 0 Å². The topological polar surface area (TPSA) is 41.6 Å². The molecule has 0 aromatic heterocycles. The lowest BCUT2D eigenvalue weighted by molar-refractivity contribution is -0.149. The highest BCUT2D eigenvalue weighted by atomic mass is 16.5. The third-order valence-electron chi connectivity index (χ3n) is 4.07. The summed E-state index contributed by atoms with van der Waals surface area (Å²) in [5.41, 5.74) is -0.609. The third-order valence-corrected chi connectivity index (χ3v) is 4.07. The molecule has 1 unspecified atom stereocenters. The van der Waals surface area contributed by atoms with Crippen molar-refractivity contribution in [2.45, 2.75) is 58.5 Å². The number of nitrogens with zero attached hydrogens (tertiary/aromatic N) is 1. The van der Waals surface area contributed by atoms with Gasteiger partial charge in [-0.25, -0.2) is 0 Å². The highest BCUT2D eigenvalue weighted by molar-refractivity contribution is 5.80. The van der Waals surface area contributed by atoms with Crippen molar-refractivity contribution < 1.29 is 9.53 Å². The van der Waals surface area contributed by atoms with Crippen molar-refractivity contribution in [2.75, 3.05) is 26.7 Å². The van der Waals surface area contributed by atoms with E-state index in [0.29, 0.717) is 0 Å². The molecule has 1 saturated heterocycles. The lowest BCUT2D eigenvalue weighted by Crippen LogP contribution is -2.60. The molecule has 4 heteroatoms. The minimum absolute atomic E-state index is 0.168. The van der Waals surface area contributed by atoms with Gasteiger partial charge in [0.15, 0.2) is 0 Å². The zero-order valence-corrected chi connectivity index (χ0v) is 13.2. The van der Waals surface area contributed by atoms with Crippen molar-refractivity contribution in [1.82, 2.24) is 10.2 Å². The molecule has 4 nitrogen and oxygen atoms in total. The van der Waals surface area contributed by atoms with E-state index in [4.69, 9.17) is 4.74 Å². The zero-order chi connectivity index (χ0) is 14.5. The van der Waals surface area contributed by atoms with Gasteiger partial charge in [0.25, 0.3) is 0 Å². The number of methoxy groups -OCH3 is 1. The molecule has 1 atom stereocenters. The van der Waals surface area contributed by atoms with Crippen molar-refractivity contribution in [3.63, 3.8) is 0 Å². The molecule has 0 radical (unpaired) electrons. The Morgan fingerprint density at radius 3 is 2.42 bits per heavy atom. The van der Waals surface area contributed by atoms with Crippen molar-refractivity contribution >= 4 is 5.97 Å². The Hall–Kier alpha value is -0.610. The van der Waals surface area contributed by atoms with Crippen LogP contribution in [0.15, 0.2) is 0 Å². The smallest absolute Gasteiger partial charge is 0.327 e. The van der Waals surface area contributed by atoms with E-state index in [2.05, 4.69) is 31.0 Å². The van der Waals surface area contributed by atoms with Crippen LogP contribution in [0.1, 0.15) is 47.0 Å². The molecule has 1 rings (SSSR count). The fraction of sp³-hybridized carbons (Fsp3) is 0.933. The summed E-state index contributed by atoms with van der Waals surface area (Å²) < 4.78 is 4.97. The van der Waals surface area contributed by atoms with Crippen molar-refractivity contribution in [1.29, 1.82) is 0 Å². The van der Waals surface area contributed by atoms with Crippen LogP contribution in [0.5, 0.6) is 0 Å². The minimum Gasteiger partial charge on any atom is -0.468 e. The first-order chi connectivity index (χ1) is 8.91. The highest BCUT2D eigenvalue weighted by Gasteiger charge is 2.37. The van der Waals surface area contributed by atoms with Crippen molar-refractivity contribution in [2.24, 2.45) is 5.92 Å². The SMILES string of the molecule is CCC1CCN(CC(C)(NC(C)C)C(=O)OC)CC1. The summed E-state index contributed by atoms with van der Waals surface area (Å²) in [6.45, 7) is 11.2. The van der Waals surface area contributed by atoms with Gasteiger partial charge in [-0.15, -0.1) is 0 Å². The maximum atomic E-state index is 12.1. The first kappa shape index (κ1) is 16.4. The van der Waals surface area contributed by atoms with Crippen LogP contribution in [0.3, 0.4) is 0 Å². The van der Waals surface area contributed by atoms with Gasteiger partial charge in [-0.05, 0) is 52.6 Å². The molecule has 0 amide bonds. The van der Waals surface area contributed by atoms with Gasteiger partial charge >= 0.3 is 5.97 Å². The number of hydrogen-bond acceptors (Lipinski definition) is 4. The Labute approximate surface area is 117 Å². The van der Waals surface area contributed by atoms with E-state index >= 15 is 0 Å². The number of likely N-dealkylation sites (tertiary alicyclic amines) is 1. The molecule has 0 saturated carbocycles. The molecular formula is C15H30N2O2. The lowest BCUT2D eigenvalue weighted by atomic mass is 9.92. The fourth-order valence-electron chi connectivity index (χ4n) is 3.03. The summed E-state index contributed by atoms with van der Waals surface area (Å²) in [6.07, 6.45) is 3.76. The van der Waals surface area contributed by atoms with Crippen LogP contribution >= 0.6 is 0 Å². The van der Waals surface area contributed by atoms with Crippen LogP contribution in [0.2, 0.25) is 0 Å². The maximum Gasteiger partial charge on any atom is 0.327 e. The molecule has 112 valence electrons. The van der Waals surface area contributed by atoms with Gasteiger partial charge in [0.05, 0.1) is 7.11 Å². The minimum atomic E-state index is -0.609. The van der Waals surface area contributed by atoms with Crippen LogP contribution in [0.25, 0.3) is 0 Å². The first-order valence-corrected chi connectivity index (χ1v) is 7.49. The van der Waals surface area contributed by atoms with E-state index in [1.807, 2.05) is 6.92 Å². The maximum absolute atomic E-state index is 12.1. The number of ether oxygens (including phenoxy) is 1. The summed E-state index contributed by atoms with van der Waals surface area (Å²) in [7, 11) is 1.46. The van der Waals surface area contributed by atoms with Crippen LogP contribution in [0.4, 0.5) is 0 Å². The predicted octanol–water partition coefficient (Wildman–Crippen LogP) is 2.04. The summed E-state index contributed by atoms with van der Waals surface area (Å²) in [6, 6.07) is 0.261. The molecule has 1 N–H and O–H groups in total. The van der Waals surface area contributed by atoms with Gasteiger partial charge in [-0.3, -0.25) is 10.1 Å². The molecular weight excluding hydrogens is 240 g/mol. The molecule has 0 aromatic carbocycles. The van der Waals surface area contributed by atoms with Gasteiger partial charge in [0, 0.05) is 12.6 Å². The Bertz CT molecular complexity index is 286. The normalized spacial score (nSPS) is 21.4. The van der Waals surface area contributed by atoms with Gasteiger partial charge in [-0.2, -0.15) is 0 Å². The molecule has 0 spiro atoms. The third kappa shape index (κ3) is 4.77. The van der Waals surface area contributed by atoms with E-state index < -0.39 is 5.54 Å². The number of carbonyl (C=O) groups is 1. The largest absolute Gasteiger partial charge is 0.468 e. The Morgan fingerprint density at radius 2 is 2.00 bits per heavy atom. The fourth-order valence-corrected chi connectivity index (χ4v) is 3.03. The summed E-state index contributed by atoms with van der Waals surface area (Å²) in [5.74, 6) is 0.692. The summed E-state index contributed by atoms with van der Waals surface area (Å²) >= 11 is 0. The molecule has 1 aliphatic heterocycles. The Morgan fingerprint density at radius 1 is 1.42 bits per heavy atom. The molecule has 1 fully saturated rings. The molecule has 1 aliphatic rings. The quantitative estimate of drug-likeness (QED) is 0.750. The standard InChI is InChI=1S/C15H30N2O2/c1-6-13-7-9-17(10-8-13)11-15(4,14(18)19-5)16-12(2)3/h12-13,16H,6-11H2,1-5H3. The first-order valence-electron chi connectivity index (χ1n) is 7.49. The summed E-state index contributed by atoms with van der Waals surface area (Å²) in [4.78, 5) is 14.4. The second-order valence-corrected chi connectivity index (χ2v) is 6.25. The molecule has 0 aromatic rings. The van der Waals surface area contributed by atoms with Gasteiger partial charge in [-0.1, -0.05) is 13.3 Å². The highest BCUT2D eigenvalue weighted by Crippen LogP contribution is 2.22. The summed E-state index contributed by atoms with van der Waals surface area (Å²) in [5, 5.41) is 3.36. The zero-order valence-electron chi connectivity index (χ0n) is 13.2. The van der Waals surface area contributed by atoms with Gasteiger partial charge < -0.3 is 9.64 Å². The lowest BCUT2D eigenvalue weighted by Gasteiger charge is -2.38. The number of rotatable bonds is 6. The average Bonchev–Trinajstić information content (AvgIpc) is 2.37.